The van der Waals surface area contributed by atoms with Gasteiger partial charge >= 0.3 is 0 Å². The maximum atomic E-state index is 5.30. The van der Waals surface area contributed by atoms with E-state index in [-0.39, 0.29) is 0 Å². The van der Waals surface area contributed by atoms with Gasteiger partial charge in [-0.05, 0) is 11.3 Å². The Morgan fingerprint density at radius 2 is 2.07 bits per heavy atom. The lowest BCUT2D eigenvalue weighted by molar-refractivity contribution is 0.0320. The Morgan fingerprint density at radius 3 is 2.79 bits per heavy atom. The van der Waals surface area contributed by atoms with Crippen LogP contribution in [-0.2, 0) is 11.4 Å². The van der Waals surface area contributed by atoms with Crippen LogP contribution < -0.4 is 5.48 Å². The highest BCUT2D eigenvalue weighted by Crippen LogP contribution is 1.99. The monoisotopic (exact) mass is 211 g/mol. The largest absolute Gasteiger partial charge is 0.297 e. The Labute approximate surface area is 90.0 Å². The van der Waals surface area contributed by atoms with E-state index in [0.717, 1.165) is 12.3 Å². The summed E-state index contributed by atoms with van der Waals surface area (Å²) in [7, 11) is 0. The van der Waals surface area contributed by atoms with Crippen molar-refractivity contribution in [3.05, 3.63) is 35.9 Å². The number of rotatable bonds is 7. The van der Waals surface area contributed by atoms with Crippen LogP contribution in [0.5, 0.6) is 0 Å². The van der Waals surface area contributed by atoms with Gasteiger partial charge in [-0.2, -0.15) is 11.8 Å². The van der Waals surface area contributed by atoms with Gasteiger partial charge in [0.25, 0.3) is 0 Å². The third kappa shape index (κ3) is 5.27. The smallest absolute Gasteiger partial charge is 0.0933 e. The Bertz CT molecular complexity index is 228. The molecule has 0 bridgehead atoms. The van der Waals surface area contributed by atoms with E-state index in [0.29, 0.717) is 6.61 Å². The standard InChI is InChI=1S/C11H17NOS/c1-2-14-9-8-12-13-10-11-6-4-3-5-7-11/h3-7,12H,2,8-10H2,1H3. The van der Waals surface area contributed by atoms with Crippen molar-refractivity contribution in [3.63, 3.8) is 0 Å². The minimum absolute atomic E-state index is 0.637. The van der Waals surface area contributed by atoms with Crippen LogP contribution in [0.4, 0.5) is 0 Å². The fourth-order valence-corrected chi connectivity index (χ4v) is 1.56. The zero-order valence-corrected chi connectivity index (χ0v) is 9.35. The Hall–Kier alpha value is -0.510. The summed E-state index contributed by atoms with van der Waals surface area (Å²) in [5.74, 6) is 2.27. The highest BCUT2D eigenvalue weighted by atomic mass is 32.2. The summed E-state index contributed by atoms with van der Waals surface area (Å²) in [4.78, 5) is 5.30. The first-order valence-electron chi connectivity index (χ1n) is 4.90. The van der Waals surface area contributed by atoms with E-state index in [1.807, 2.05) is 30.0 Å². The molecule has 1 rings (SSSR count). The van der Waals surface area contributed by atoms with Crippen LogP contribution in [0.2, 0.25) is 0 Å². The molecule has 0 aliphatic carbocycles. The first kappa shape index (κ1) is 11.6. The maximum Gasteiger partial charge on any atom is 0.0933 e. The van der Waals surface area contributed by atoms with Crippen molar-refractivity contribution < 1.29 is 4.84 Å². The SMILES string of the molecule is CCSCCNOCc1ccccc1. The molecule has 2 nitrogen and oxygen atoms in total. The van der Waals surface area contributed by atoms with Gasteiger partial charge in [-0.15, -0.1) is 0 Å². The molecule has 0 aliphatic heterocycles. The van der Waals surface area contributed by atoms with E-state index in [1.54, 1.807) is 0 Å². The molecule has 0 fully saturated rings. The number of hydrogen-bond donors (Lipinski definition) is 1. The molecule has 1 aromatic carbocycles. The Balaban J connectivity index is 1.99. The van der Waals surface area contributed by atoms with Gasteiger partial charge in [-0.3, -0.25) is 4.84 Å². The molecule has 1 aromatic rings. The van der Waals surface area contributed by atoms with Crippen molar-refractivity contribution in [2.45, 2.75) is 13.5 Å². The fraction of sp³-hybridized carbons (Fsp3) is 0.455. The van der Waals surface area contributed by atoms with Gasteiger partial charge in [0, 0.05) is 12.3 Å². The molecule has 0 saturated heterocycles. The van der Waals surface area contributed by atoms with E-state index in [4.69, 9.17) is 4.84 Å². The lowest BCUT2D eigenvalue weighted by Crippen LogP contribution is -2.17. The zero-order valence-electron chi connectivity index (χ0n) is 8.53. The zero-order chi connectivity index (χ0) is 10.1. The quantitative estimate of drug-likeness (QED) is 0.553. The van der Waals surface area contributed by atoms with E-state index >= 15 is 0 Å². The molecular weight excluding hydrogens is 194 g/mol. The molecule has 0 heterocycles. The second-order valence-electron chi connectivity index (χ2n) is 2.87. The summed E-state index contributed by atoms with van der Waals surface area (Å²) in [6.45, 7) is 3.71. The van der Waals surface area contributed by atoms with Crippen LogP contribution >= 0.6 is 11.8 Å². The maximum absolute atomic E-state index is 5.30. The highest BCUT2D eigenvalue weighted by molar-refractivity contribution is 7.99. The normalized spacial score (nSPS) is 10.4. The summed E-state index contributed by atoms with van der Waals surface area (Å²) in [6.07, 6.45) is 0. The number of hydrogen-bond acceptors (Lipinski definition) is 3. The minimum Gasteiger partial charge on any atom is -0.297 e. The van der Waals surface area contributed by atoms with Crippen LogP contribution in [0.15, 0.2) is 30.3 Å². The molecule has 0 spiro atoms. The molecule has 78 valence electrons. The molecular formula is C11H17NOS. The van der Waals surface area contributed by atoms with Gasteiger partial charge in [0.1, 0.15) is 0 Å². The minimum atomic E-state index is 0.637. The van der Waals surface area contributed by atoms with Gasteiger partial charge in [0.05, 0.1) is 6.61 Å². The van der Waals surface area contributed by atoms with Crippen molar-refractivity contribution in [2.75, 3.05) is 18.1 Å². The summed E-state index contributed by atoms with van der Waals surface area (Å²) in [5.41, 5.74) is 4.15. The van der Waals surface area contributed by atoms with Crippen molar-refractivity contribution in [1.29, 1.82) is 0 Å². The first-order chi connectivity index (χ1) is 6.93. The molecule has 3 heteroatoms. The number of nitrogens with one attached hydrogen (secondary N) is 1. The van der Waals surface area contributed by atoms with Crippen LogP contribution in [-0.4, -0.2) is 18.1 Å². The van der Waals surface area contributed by atoms with Crippen molar-refractivity contribution in [3.8, 4) is 0 Å². The van der Waals surface area contributed by atoms with E-state index < -0.39 is 0 Å². The molecule has 0 aromatic heterocycles. The molecule has 14 heavy (non-hydrogen) atoms. The third-order valence-corrected chi connectivity index (χ3v) is 2.64. The molecule has 0 amide bonds. The topological polar surface area (TPSA) is 21.3 Å². The third-order valence-electron chi connectivity index (χ3n) is 1.74. The van der Waals surface area contributed by atoms with Gasteiger partial charge in [0.2, 0.25) is 0 Å². The molecule has 0 unspecified atom stereocenters. The highest BCUT2D eigenvalue weighted by Gasteiger charge is 1.90. The molecule has 0 radical (unpaired) electrons. The van der Waals surface area contributed by atoms with E-state index in [9.17, 15) is 0 Å². The first-order valence-corrected chi connectivity index (χ1v) is 6.05. The van der Waals surface area contributed by atoms with Gasteiger partial charge < -0.3 is 0 Å². The Kier molecular flexibility index (Phi) is 6.49. The van der Waals surface area contributed by atoms with Crippen molar-refractivity contribution >= 4 is 11.8 Å². The summed E-state index contributed by atoms with van der Waals surface area (Å²) >= 11 is 1.91. The number of hydroxylamine groups is 1. The predicted molar refractivity (Wildman–Crippen MR) is 62.2 cm³/mol. The van der Waals surface area contributed by atoms with Gasteiger partial charge in [0.15, 0.2) is 0 Å². The van der Waals surface area contributed by atoms with Crippen LogP contribution in [0.25, 0.3) is 0 Å². The van der Waals surface area contributed by atoms with Crippen LogP contribution in [0.1, 0.15) is 12.5 Å². The fourth-order valence-electron chi connectivity index (χ4n) is 1.04. The second kappa shape index (κ2) is 7.85. The Morgan fingerprint density at radius 1 is 1.29 bits per heavy atom. The molecule has 0 atom stereocenters. The molecule has 1 N–H and O–H groups in total. The summed E-state index contributed by atoms with van der Waals surface area (Å²) in [5, 5.41) is 0. The van der Waals surface area contributed by atoms with Gasteiger partial charge in [-0.25, -0.2) is 5.48 Å². The lowest BCUT2D eigenvalue weighted by Gasteiger charge is -2.04. The van der Waals surface area contributed by atoms with Crippen molar-refractivity contribution in [1.82, 2.24) is 5.48 Å². The summed E-state index contributed by atoms with van der Waals surface area (Å²) < 4.78 is 0. The van der Waals surface area contributed by atoms with Crippen LogP contribution in [0, 0.1) is 0 Å². The average Bonchev–Trinajstić information content (AvgIpc) is 2.25. The predicted octanol–water partition coefficient (Wildman–Crippen LogP) is 2.46. The van der Waals surface area contributed by atoms with Crippen molar-refractivity contribution in [2.24, 2.45) is 0 Å². The number of benzene rings is 1. The molecule has 0 saturated carbocycles. The lowest BCUT2D eigenvalue weighted by atomic mass is 10.2. The number of thioether (sulfide) groups is 1. The van der Waals surface area contributed by atoms with E-state index in [1.165, 1.54) is 11.3 Å². The van der Waals surface area contributed by atoms with Gasteiger partial charge in [-0.1, -0.05) is 37.3 Å². The molecule has 0 aliphatic rings. The summed E-state index contributed by atoms with van der Waals surface area (Å²) in [6, 6.07) is 10.2. The average molecular weight is 211 g/mol. The second-order valence-corrected chi connectivity index (χ2v) is 4.26. The van der Waals surface area contributed by atoms with E-state index in [2.05, 4.69) is 24.5 Å². The van der Waals surface area contributed by atoms with Crippen LogP contribution in [0.3, 0.4) is 0 Å².